The average molecular weight is 233 g/mol. The van der Waals surface area contributed by atoms with E-state index in [4.69, 9.17) is 16.9 Å². The molecule has 0 spiro atoms. The molecule has 0 amide bonds. The molecule has 0 saturated heterocycles. The Morgan fingerprint density at radius 1 is 1.25 bits per heavy atom. The highest BCUT2D eigenvalue weighted by Crippen LogP contribution is 2.27. The predicted molar refractivity (Wildman–Crippen MR) is 59.4 cm³/mol. The SMILES string of the molecule is N#Cc1ccc(-c2ccc(F)cc2Cl)cn1. The number of nitrogens with zero attached hydrogens (tertiary/aromatic N) is 2. The molecule has 1 aromatic heterocycles. The van der Waals surface area contributed by atoms with Crippen LogP contribution in [0.15, 0.2) is 36.5 Å². The smallest absolute Gasteiger partial charge is 0.140 e. The quantitative estimate of drug-likeness (QED) is 0.756. The maximum Gasteiger partial charge on any atom is 0.140 e. The zero-order valence-electron chi connectivity index (χ0n) is 8.11. The molecule has 2 nitrogen and oxygen atoms in total. The summed E-state index contributed by atoms with van der Waals surface area (Å²) in [5.74, 6) is -0.379. The second-order valence-corrected chi connectivity index (χ2v) is 3.58. The van der Waals surface area contributed by atoms with Gasteiger partial charge in [0.25, 0.3) is 0 Å². The lowest BCUT2D eigenvalue weighted by Crippen LogP contribution is -1.85. The van der Waals surface area contributed by atoms with Gasteiger partial charge in [-0.2, -0.15) is 5.26 Å². The summed E-state index contributed by atoms with van der Waals surface area (Å²) >= 11 is 5.90. The van der Waals surface area contributed by atoms with Crippen LogP contribution in [-0.2, 0) is 0 Å². The molecule has 0 bridgehead atoms. The molecule has 0 radical (unpaired) electrons. The van der Waals surface area contributed by atoms with E-state index >= 15 is 0 Å². The van der Waals surface area contributed by atoms with E-state index in [0.717, 1.165) is 5.56 Å². The Morgan fingerprint density at radius 3 is 2.62 bits per heavy atom. The maximum atomic E-state index is 12.8. The summed E-state index contributed by atoms with van der Waals surface area (Å²) in [6, 6.07) is 9.41. The number of aromatic nitrogens is 1. The van der Waals surface area contributed by atoms with E-state index in [-0.39, 0.29) is 5.82 Å². The highest BCUT2D eigenvalue weighted by Gasteiger charge is 2.05. The van der Waals surface area contributed by atoms with Crippen LogP contribution < -0.4 is 0 Å². The van der Waals surface area contributed by atoms with Gasteiger partial charge in [0.15, 0.2) is 0 Å². The molecule has 0 aliphatic carbocycles. The van der Waals surface area contributed by atoms with Crippen molar-refractivity contribution in [3.8, 4) is 17.2 Å². The molecule has 0 aliphatic rings. The molecule has 0 N–H and O–H groups in total. The van der Waals surface area contributed by atoms with Crippen molar-refractivity contribution >= 4 is 11.6 Å². The minimum Gasteiger partial charge on any atom is -0.245 e. The fourth-order valence-corrected chi connectivity index (χ4v) is 1.62. The van der Waals surface area contributed by atoms with E-state index in [9.17, 15) is 4.39 Å². The lowest BCUT2D eigenvalue weighted by Gasteiger charge is -2.03. The average Bonchev–Trinajstić information content (AvgIpc) is 2.29. The first-order chi connectivity index (χ1) is 7.70. The summed E-state index contributed by atoms with van der Waals surface area (Å²) in [5, 5.41) is 8.93. The minimum atomic E-state index is -0.379. The van der Waals surface area contributed by atoms with Crippen molar-refractivity contribution in [2.24, 2.45) is 0 Å². The van der Waals surface area contributed by atoms with Crippen molar-refractivity contribution in [2.75, 3.05) is 0 Å². The largest absolute Gasteiger partial charge is 0.245 e. The van der Waals surface area contributed by atoms with Crippen molar-refractivity contribution in [2.45, 2.75) is 0 Å². The van der Waals surface area contributed by atoms with Gasteiger partial charge in [-0.05, 0) is 30.3 Å². The van der Waals surface area contributed by atoms with Crippen LogP contribution in [0.5, 0.6) is 0 Å². The standard InChI is InChI=1S/C12H6ClFN2/c13-12-5-9(14)2-4-11(12)8-1-3-10(6-15)16-7-8/h1-5,7H. The van der Waals surface area contributed by atoms with Crippen molar-refractivity contribution < 1.29 is 4.39 Å². The Labute approximate surface area is 96.9 Å². The third-order valence-corrected chi connectivity index (χ3v) is 2.43. The molecule has 1 aromatic carbocycles. The predicted octanol–water partition coefficient (Wildman–Crippen LogP) is 3.41. The number of pyridine rings is 1. The number of hydrogen-bond acceptors (Lipinski definition) is 2. The summed E-state index contributed by atoms with van der Waals surface area (Å²) in [6.45, 7) is 0. The van der Waals surface area contributed by atoms with Crippen molar-refractivity contribution in [3.63, 3.8) is 0 Å². The van der Waals surface area contributed by atoms with E-state index < -0.39 is 0 Å². The van der Waals surface area contributed by atoms with Gasteiger partial charge in [0.1, 0.15) is 17.6 Å². The number of hydrogen-bond donors (Lipinski definition) is 0. The summed E-state index contributed by atoms with van der Waals surface area (Å²) in [5.41, 5.74) is 1.78. The summed E-state index contributed by atoms with van der Waals surface area (Å²) in [6.07, 6.45) is 1.54. The van der Waals surface area contributed by atoms with Crippen LogP contribution in [0.3, 0.4) is 0 Å². The molecule has 78 valence electrons. The van der Waals surface area contributed by atoms with Crippen LogP contribution in [0.1, 0.15) is 5.69 Å². The fourth-order valence-electron chi connectivity index (χ4n) is 1.34. The van der Waals surface area contributed by atoms with Crippen LogP contribution in [-0.4, -0.2) is 4.98 Å². The fraction of sp³-hybridized carbons (Fsp3) is 0. The molecule has 2 aromatic rings. The van der Waals surface area contributed by atoms with Gasteiger partial charge in [0.05, 0.1) is 5.02 Å². The van der Waals surface area contributed by atoms with E-state index in [0.29, 0.717) is 16.3 Å². The molecular weight excluding hydrogens is 227 g/mol. The van der Waals surface area contributed by atoms with Gasteiger partial charge < -0.3 is 0 Å². The normalized spacial score (nSPS) is 9.81. The van der Waals surface area contributed by atoms with Crippen LogP contribution in [0.4, 0.5) is 4.39 Å². The van der Waals surface area contributed by atoms with Crippen LogP contribution in [0.2, 0.25) is 5.02 Å². The van der Waals surface area contributed by atoms with E-state index in [1.54, 1.807) is 18.2 Å². The van der Waals surface area contributed by atoms with Gasteiger partial charge in [-0.3, -0.25) is 0 Å². The molecule has 0 saturated carbocycles. The molecule has 4 heteroatoms. The molecular formula is C12H6ClFN2. The van der Waals surface area contributed by atoms with Gasteiger partial charge >= 0.3 is 0 Å². The Kier molecular flexibility index (Phi) is 2.84. The van der Waals surface area contributed by atoms with Crippen molar-refractivity contribution in [1.29, 1.82) is 5.26 Å². The van der Waals surface area contributed by atoms with Gasteiger partial charge in [-0.1, -0.05) is 11.6 Å². The van der Waals surface area contributed by atoms with Crippen LogP contribution in [0, 0.1) is 17.1 Å². The lowest BCUT2D eigenvalue weighted by molar-refractivity contribution is 0.628. The molecule has 1 heterocycles. The molecule has 16 heavy (non-hydrogen) atoms. The van der Waals surface area contributed by atoms with Gasteiger partial charge in [0, 0.05) is 17.3 Å². The van der Waals surface area contributed by atoms with Crippen LogP contribution in [0.25, 0.3) is 11.1 Å². The molecule has 0 unspecified atom stereocenters. The zero-order valence-corrected chi connectivity index (χ0v) is 8.87. The second kappa shape index (κ2) is 4.30. The summed E-state index contributed by atoms with van der Waals surface area (Å²) in [7, 11) is 0. The highest BCUT2D eigenvalue weighted by molar-refractivity contribution is 6.33. The Morgan fingerprint density at radius 2 is 2.06 bits per heavy atom. The lowest BCUT2D eigenvalue weighted by atomic mass is 10.1. The Bertz CT molecular complexity index is 558. The van der Waals surface area contributed by atoms with Crippen molar-refractivity contribution in [1.82, 2.24) is 4.98 Å². The third kappa shape index (κ3) is 2.02. The van der Waals surface area contributed by atoms with E-state index in [1.807, 2.05) is 6.07 Å². The third-order valence-electron chi connectivity index (χ3n) is 2.12. The van der Waals surface area contributed by atoms with Gasteiger partial charge in [-0.15, -0.1) is 0 Å². The molecule has 0 fully saturated rings. The zero-order chi connectivity index (χ0) is 11.5. The summed E-state index contributed by atoms with van der Waals surface area (Å²) in [4.78, 5) is 3.92. The molecule has 2 rings (SSSR count). The van der Waals surface area contributed by atoms with E-state index in [1.165, 1.54) is 18.3 Å². The number of rotatable bonds is 1. The van der Waals surface area contributed by atoms with Crippen molar-refractivity contribution in [3.05, 3.63) is 53.1 Å². The Hall–Kier alpha value is -1.92. The molecule has 0 atom stereocenters. The Balaban J connectivity index is 2.47. The second-order valence-electron chi connectivity index (χ2n) is 3.17. The monoisotopic (exact) mass is 232 g/mol. The van der Waals surface area contributed by atoms with E-state index in [2.05, 4.69) is 4.98 Å². The maximum absolute atomic E-state index is 12.8. The first-order valence-electron chi connectivity index (χ1n) is 4.52. The molecule has 0 aliphatic heterocycles. The van der Waals surface area contributed by atoms with Gasteiger partial charge in [0.2, 0.25) is 0 Å². The first kappa shape index (κ1) is 10.6. The highest BCUT2D eigenvalue weighted by atomic mass is 35.5. The first-order valence-corrected chi connectivity index (χ1v) is 4.90. The van der Waals surface area contributed by atoms with Crippen LogP contribution >= 0.6 is 11.6 Å². The van der Waals surface area contributed by atoms with Gasteiger partial charge in [-0.25, -0.2) is 9.37 Å². The number of nitriles is 1. The minimum absolute atomic E-state index is 0.325. The number of benzene rings is 1. The summed E-state index contributed by atoms with van der Waals surface area (Å²) < 4.78 is 12.8. The number of halogens is 2. The topological polar surface area (TPSA) is 36.7 Å².